The lowest BCUT2D eigenvalue weighted by Gasteiger charge is -2.33. The van der Waals surface area contributed by atoms with Gasteiger partial charge in [0.2, 0.25) is 5.91 Å². The molecule has 5 rings (SSSR count). The van der Waals surface area contributed by atoms with E-state index in [2.05, 4.69) is 27.8 Å². The first-order valence-corrected chi connectivity index (χ1v) is 11.6. The van der Waals surface area contributed by atoms with Gasteiger partial charge < -0.3 is 24.7 Å². The van der Waals surface area contributed by atoms with Crippen molar-refractivity contribution in [3.05, 3.63) is 66.1 Å². The van der Waals surface area contributed by atoms with Crippen LogP contribution in [0.5, 0.6) is 0 Å². The van der Waals surface area contributed by atoms with E-state index >= 15 is 0 Å². The van der Waals surface area contributed by atoms with Gasteiger partial charge in [0.15, 0.2) is 0 Å². The number of hydrogen-bond donors (Lipinski definition) is 2. The molecule has 0 unspecified atom stereocenters. The Morgan fingerprint density at radius 2 is 1.88 bits per heavy atom. The first-order chi connectivity index (χ1) is 16.2. The average molecular weight is 448 g/mol. The molecule has 33 heavy (non-hydrogen) atoms. The Bertz CT molecular complexity index is 1110. The molecule has 2 fully saturated rings. The number of piperidine rings is 1. The van der Waals surface area contributed by atoms with Gasteiger partial charge in [0.25, 0.3) is 0 Å². The Balaban J connectivity index is 1.09. The van der Waals surface area contributed by atoms with Crippen molar-refractivity contribution >= 4 is 23.3 Å². The van der Waals surface area contributed by atoms with E-state index in [4.69, 9.17) is 4.74 Å². The number of anilines is 1. The lowest BCUT2D eigenvalue weighted by Crippen LogP contribution is -2.41. The Hall–Kier alpha value is -3.39. The molecule has 0 saturated carbocycles. The smallest absolute Gasteiger partial charge is 0.319 e. The number of ether oxygens (including phenoxy) is 1. The largest absolute Gasteiger partial charge is 0.381 e. The summed E-state index contributed by atoms with van der Waals surface area (Å²) < 4.78 is 7.29. The van der Waals surface area contributed by atoms with Crippen molar-refractivity contribution < 1.29 is 14.3 Å². The van der Waals surface area contributed by atoms with Crippen LogP contribution in [0.2, 0.25) is 0 Å². The molecule has 8 nitrogen and oxygen atoms in total. The van der Waals surface area contributed by atoms with Gasteiger partial charge in [0.05, 0.1) is 12.5 Å². The highest BCUT2D eigenvalue weighted by molar-refractivity contribution is 5.89. The SMILES string of the molecule is O=C(NCc1ccn2ccnc2c1)Nc1ccc(C2CCN(C(=O)[C@H]3CCOC3)CC2)cc1. The molecular formula is C25H29N5O3. The number of nitrogens with one attached hydrogen (secondary N) is 2. The Kier molecular flexibility index (Phi) is 6.26. The van der Waals surface area contributed by atoms with Gasteiger partial charge in [0, 0.05) is 50.5 Å². The molecule has 4 heterocycles. The highest BCUT2D eigenvalue weighted by atomic mass is 16.5. The lowest BCUT2D eigenvalue weighted by molar-refractivity contribution is -0.136. The summed E-state index contributed by atoms with van der Waals surface area (Å²) in [5, 5.41) is 5.78. The van der Waals surface area contributed by atoms with Gasteiger partial charge in [0.1, 0.15) is 5.65 Å². The molecule has 2 aromatic heterocycles. The number of fused-ring (bicyclic) bond motifs is 1. The number of hydrogen-bond acceptors (Lipinski definition) is 4. The van der Waals surface area contributed by atoms with Crippen LogP contribution in [0.4, 0.5) is 10.5 Å². The predicted octanol–water partition coefficient (Wildman–Crippen LogP) is 3.40. The van der Waals surface area contributed by atoms with E-state index in [0.29, 0.717) is 25.7 Å². The van der Waals surface area contributed by atoms with E-state index in [1.165, 1.54) is 5.56 Å². The number of imidazole rings is 1. The van der Waals surface area contributed by atoms with E-state index in [-0.39, 0.29) is 17.9 Å². The average Bonchev–Trinajstić information content (AvgIpc) is 3.55. The van der Waals surface area contributed by atoms with Crippen LogP contribution in [0.15, 0.2) is 55.0 Å². The summed E-state index contributed by atoms with van der Waals surface area (Å²) in [7, 11) is 0. The van der Waals surface area contributed by atoms with Crippen LogP contribution in [-0.2, 0) is 16.1 Å². The second kappa shape index (κ2) is 9.62. The van der Waals surface area contributed by atoms with Crippen molar-refractivity contribution in [2.24, 2.45) is 5.92 Å². The van der Waals surface area contributed by atoms with E-state index in [9.17, 15) is 9.59 Å². The first-order valence-electron chi connectivity index (χ1n) is 11.6. The summed E-state index contributed by atoms with van der Waals surface area (Å²) in [5.41, 5.74) is 3.86. The molecule has 172 valence electrons. The molecule has 1 aromatic carbocycles. The molecule has 2 N–H and O–H groups in total. The zero-order valence-electron chi connectivity index (χ0n) is 18.6. The molecule has 0 spiro atoms. The van der Waals surface area contributed by atoms with Crippen LogP contribution >= 0.6 is 0 Å². The Morgan fingerprint density at radius 3 is 2.64 bits per heavy atom. The van der Waals surface area contributed by atoms with Gasteiger partial charge in [-0.15, -0.1) is 0 Å². The molecule has 3 amide bonds. The highest BCUT2D eigenvalue weighted by Gasteiger charge is 2.30. The van der Waals surface area contributed by atoms with Crippen molar-refractivity contribution in [3.63, 3.8) is 0 Å². The van der Waals surface area contributed by atoms with E-state index < -0.39 is 0 Å². The van der Waals surface area contributed by atoms with Crippen molar-refractivity contribution in [3.8, 4) is 0 Å². The number of amides is 3. The summed E-state index contributed by atoms with van der Waals surface area (Å²) >= 11 is 0. The minimum absolute atomic E-state index is 0.0478. The van der Waals surface area contributed by atoms with Crippen LogP contribution in [0, 0.1) is 5.92 Å². The molecule has 8 heteroatoms. The first kappa shape index (κ1) is 21.5. The summed E-state index contributed by atoms with van der Waals surface area (Å²) in [6.45, 7) is 3.30. The zero-order valence-corrected chi connectivity index (χ0v) is 18.6. The number of nitrogens with zero attached hydrogens (tertiary/aromatic N) is 3. The summed E-state index contributed by atoms with van der Waals surface area (Å²) in [4.78, 5) is 31.1. The lowest BCUT2D eigenvalue weighted by atomic mass is 9.89. The van der Waals surface area contributed by atoms with Crippen LogP contribution in [0.25, 0.3) is 5.65 Å². The third-order valence-electron chi connectivity index (χ3n) is 6.64. The number of likely N-dealkylation sites (tertiary alicyclic amines) is 1. The van der Waals surface area contributed by atoms with Crippen LogP contribution in [0.1, 0.15) is 36.3 Å². The minimum Gasteiger partial charge on any atom is -0.381 e. The highest BCUT2D eigenvalue weighted by Crippen LogP contribution is 2.30. The fourth-order valence-corrected chi connectivity index (χ4v) is 4.68. The van der Waals surface area contributed by atoms with Gasteiger partial charge in [-0.2, -0.15) is 0 Å². The van der Waals surface area contributed by atoms with Crippen molar-refractivity contribution in [2.75, 3.05) is 31.6 Å². The summed E-state index contributed by atoms with van der Waals surface area (Å²) in [5.74, 6) is 0.738. The topological polar surface area (TPSA) is 88.0 Å². The number of benzene rings is 1. The third-order valence-corrected chi connectivity index (χ3v) is 6.64. The van der Waals surface area contributed by atoms with Crippen molar-refractivity contribution in [1.29, 1.82) is 0 Å². The number of aromatic nitrogens is 2. The molecule has 0 radical (unpaired) electrons. The maximum atomic E-state index is 12.6. The van der Waals surface area contributed by atoms with E-state index in [1.807, 2.05) is 46.0 Å². The monoisotopic (exact) mass is 447 g/mol. The van der Waals surface area contributed by atoms with Crippen LogP contribution < -0.4 is 10.6 Å². The van der Waals surface area contributed by atoms with Crippen LogP contribution in [-0.4, -0.2) is 52.5 Å². The molecule has 0 bridgehead atoms. The summed E-state index contributed by atoms with van der Waals surface area (Å²) in [6, 6.07) is 11.7. The maximum Gasteiger partial charge on any atom is 0.319 e. The van der Waals surface area contributed by atoms with Crippen molar-refractivity contribution in [1.82, 2.24) is 19.6 Å². The maximum absolute atomic E-state index is 12.6. The Labute approximate surface area is 192 Å². The van der Waals surface area contributed by atoms with Crippen molar-refractivity contribution in [2.45, 2.75) is 31.7 Å². The number of rotatable bonds is 5. The fourth-order valence-electron chi connectivity index (χ4n) is 4.68. The molecule has 2 aliphatic heterocycles. The van der Waals surface area contributed by atoms with Gasteiger partial charge >= 0.3 is 6.03 Å². The van der Waals surface area contributed by atoms with Gasteiger partial charge in [-0.3, -0.25) is 4.79 Å². The quantitative estimate of drug-likeness (QED) is 0.628. The standard InChI is InChI=1S/C25H29N5O3/c31-24(21-8-14-33-17-21)30-11-6-20(7-12-30)19-1-3-22(4-2-19)28-25(32)27-16-18-5-10-29-13-9-26-23(29)15-18/h1-5,9-10,13,15,20-21H,6-8,11-12,14,16-17H2,(H2,27,28,32)/t21-/m0/s1. The van der Waals surface area contributed by atoms with Gasteiger partial charge in [-0.1, -0.05) is 12.1 Å². The number of urea groups is 1. The number of carbonyl (C=O) groups is 2. The molecule has 2 saturated heterocycles. The van der Waals surface area contributed by atoms with E-state index in [1.54, 1.807) is 6.20 Å². The fraction of sp³-hybridized carbons (Fsp3) is 0.400. The second-order valence-corrected chi connectivity index (χ2v) is 8.82. The van der Waals surface area contributed by atoms with Gasteiger partial charge in [-0.05, 0) is 60.6 Å². The second-order valence-electron chi connectivity index (χ2n) is 8.82. The minimum atomic E-state index is -0.242. The molecular weight excluding hydrogens is 418 g/mol. The van der Waals surface area contributed by atoms with Crippen LogP contribution in [0.3, 0.4) is 0 Å². The third kappa shape index (κ3) is 5.01. The number of carbonyl (C=O) groups excluding carboxylic acids is 2. The van der Waals surface area contributed by atoms with E-state index in [0.717, 1.165) is 49.2 Å². The predicted molar refractivity (Wildman–Crippen MR) is 125 cm³/mol. The van der Waals surface area contributed by atoms with Gasteiger partial charge in [-0.25, -0.2) is 9.78 Å². The Morgan fingerprint density at radius 1 is 1.06 bits per heavy atom. The molecule has 0 aliphatic carbocycles. The molecule has 3 aromatic rings. The molecule has 2 aliphatic rings. The zero-order chi connectivity index (χ0) is 22.6. The normalized spacial score (nSPS) is 19.0. The number of pyridine rings is 1. The summed E-state index contributed by atoms with van der Waals surface area (Å²) in [6.07, 6.45) is 8.34. The molecule has 1 atom stereocenters.